The first-order valence-electron chi connectivity index (χ1n) is 6.91. The molecular weight excluding hydrogens is 328 g/mol. The molecule has 3 nitrogen and oxygen atoms in total. The van der Waals surface area contributed by atoms with Crippen molar-refractivity contribution in [3.63, 3.8) is 0 Å². The average Bonchev–Trinajstić information content (AvgIpc) is 2.48. The first-order valence-corrected chi connectivity index (χ1v) is 7.70. The second kappa shape index (κ2) is 7.07. The van der Waals surface area contributed by atoms with Crippen LogP contribution in [-0.2, 0) is 6.42 Å². The van der Waals surface area contributed by atoms with Crippen LogP contribution in [0.3, 0.4) is 0 Å². The van der Waals surface area contributed by atoms with Crippen molar-refractivity contribution >= 4 is 15.9 Å². The van der Waals surface area contributed by atoms with Crippen LogP contribution in [0.2, 0.25) is 0 Å². The van der Waals surface area contributed by atoms with E-state index in [0.717, 1.165) is 27.8 Å². The number of ether oxygens (including phenoxy) is 1. The van der Waals surface area contributed by atoms with Crippen molar-refractivity contribution < 1.29 is 4.74 Å². The lowest BCUT2D eigenvalue weighted by Gasteiger charge is -2.20. The number of hydrazine groups is 1. The summed E-state index contributed by atoms with van der Waals surface area (Å²) in [7, 11) is 1.70. The van der Waals surface area contributed by atoms with E-state index in [4.69, 9.17) is 10.6 Å². The van der Waals surface area contributed by atoms with E-state index in [1.54, 1.807) is 7.11 Å². The number of benzene rings is 2. The Bertz CT molecular complexity index is 628. The summed E-state index contributed by atoms with van der Waals surface area (Å²) >= 11 is 3.66. The summed E-state index contributed by atoms with van der Waals surface area (Å²) in [6, 6.07) is 12.4. The maximum Gasteiger partial charge on any atom is 0.122 e. The number of hydrogen-bond acceptors (Lipinski definition) is 3. The molecule has 2 aromatic rings. The van der Waals surface area contributed by atoms with Gasteiger partial charge >= 0.3 is 0 Å². The molecule has 0 saturated carbocycles. The largest absolute Gasteiger partial charge is 0.496 e. The Kier molecular flexibility index (Phi) is 5.39. The number of nitrogens with two attached hydrogens (primary N) is 1. The monoisotopic (exact) mass is 348 g/mol. The fourth-order valence-corrected chi connectivity index (χ4v) is 3.03. The van der Waals surface area contributed by atoms with Crippen molar-refractivity contribution in [3.8, 4) is 5.75 Å². The molecule has 1 unspecified atom stereocenters. The van der Waals surface area contributed by atoms with Gasteiger partial charge in [0.2, 0.25) is 0 Å². The van der Waals surface area contributed by atoms with E-state index in [1.165, 1.54) is 11.1 Å². The summed E-state index contributed by atoms with van der Waals surface area (Å²) in [4.78, 5) is 0. The topological polar surface area (TPSA) is 47.3 Å². The first-order chi connectivity index (χ1) is 10.1. The summed E-state index contributed by atoms with van der Waals surface area (Å²) in [6.45, 7) is 4.16. The smallest absolute Gasteiger partial charge is 0.122 e. The summed E-state index contributed by atoms with van der Waals surface area (Å²) in [5.41, 5.74) is 7.63. The SMILES string of the molecule is COc1ccc(C)cc1CC(NN)c1cccc(C)c1Br. The van der Waals surface area contributed by atoms with Gasteiger partial charge in [-0.15, -0.1) is 0 Å². The highest BCUT2D eigenvalue weighted by Gasteiger charge is 2.17. The number of rotatable bonds is 5. The number of nitrogens with one attached hydrogen (secondary N) is 1. The Morgan fingerprint density at radius 3 is 2.67 bits per heavy atom. The van der Waals surface area contributed by atoms with Gasteiger partial charge in [-0.2, -0.15) is 0 Å². The Labute approximate surface area is 134 Å². The minimum atomic E-state index is 0.0231. The molecule has 0 aromatic heterocycles. The molecule has 0 amide bonds. The molecule has 1 atom stereocenters. The van der Waals surface area contributed by atoms with E-state index in [0.29, 0.717) is 0 Å². The minimum Gasteiger partial charge on any atom is -0.496 e. The maximum absolute atomic E-state index is 5.79. The first kappa shape index (κ1) is 16.0. The van der Waals surface area contributed by atoms with Crippen LogP contribution in [0, 0.1) is 13.8 Å². The van der Waals surface area contributed by atoms with Crippen LogP contribution in [0.4, 0.5) is 0 Å². The Hall–Kier alpha value is -1.36. The van der Waals surface area contributed by atoms with Gasteiger partial charge in [0.05, 0.1) is 13.2 Å². The number of methoxy groups -OCH3 is 1. The number of halogens is 1. The van der Waals surface area contributed by atoms with Crippen molar-refractivity contribution in [2.75, 3.05) is 7.11 Å². The van der Waals surface area contributed by atoms with Gasteiger partial charge in [-0.1, -0.05) is 51.8 Å². The Morgan fingerprint density at radius 1 is 1.24 bits per heavy atom. The molecule has 0 bridgehead atoms. The van der Waals surface area contributed by atoms with Crippen LogP contribution in [0.5, 0.6) is 5.75 Å². The lowest BCUT2D eigenvalue weighted by Crippen LogP contribution is -2.30. The molecule has 3 N–H and O–H groups in total. The van der Waals surface area contributed by atoms with Crippen molar-refractivity contribution in [2.45, 2.75) is 26.3 Å². The molecule has 112 valence electrons. The molecule has 0 radical (unpaired) electrons. The summed E-state index contributed by atoms with van der Waals surface area (Å²) in [5.74, 6) is 6.68. The highest BCUT2D eigenvalue weighted by molar-refractivity contribution is 9.10. The molecule has 4 heteroatoms. The molecule has 0 aliphatic carbocycles. The normalized spacial score (nSPS) is 12.2. The van der Waals surface area contributed by atoms with Gasteiger partial charge in [0.25, 0.3) is 0 Å². The summed E-state index contributed by atoms with van der Waals surface area (Å²) < 4.78 is 6.55. The Morgan fingerprint density at radius 2 is 2.00 bits per heavy atom. The molecule has 2 aromatic carbocycles. The third-order valence-corrected chi connectivity index (χ3v) is 4.74. The maximum atomic E-state index is 5.79. The molecule has 0 heterocycles. The molecule has 2 rings (SSSR count). The van der Waals surface area contributed by atoms with E-state index in [1.807, 2.05) is 12.1 Å². The van der Waals surface area contributed by atoms with Crippen molar-refractivity contribution in [1.29, 1.82) is 0 Å². The fourth-order valence-electron chi connectivity index (χ4n) is 2.48. The number of aryl methyl sites for hydroxylation is 2. The minimum absolute atomic E-state index is 0.0231. The average molecular weight is 349 g/mol. The molecule has 0 saturated heterocycles. The molecule has 0 fully saturated rings. The predicted molar refractivity (Wildman–Crippen MR) is 90.4 cm³/mol. The zero-order chi connectivity index (χ0) is 15.4. The van der Waals surface area contributed by atoms with Gasteiger partial charge in [0, 0.05) is 4.47 Å². The highest BCUT2D eigenvalue weighted by Crippen LogP contribution is 2.31. The van der Waals surface area contributed by atoms with E-state index in [2.05, 4.69) is 59.5 Å². The third-order valence-electron chi connectivity index (χ3n) is 3.66. The van der Waals surface area contributed by atoms with Gasteiger partial charge in [-0.05, 0) is 43.0 Å². The third kappa shape index (κ3) is 3.64. The summed E-state index contributed by atoms with van der Waals surface area (Å²) in [5, 5.41) is 0. The van der Waals surface area contributed by atoms with Gasteiger partial charge in [0.15, 0.2) is 0 Å². The zero-order valence-corrected chi connectivity index (χ0v) is 14.2. The predicted octanol–water partition coefficient (Wildman–Crippen LogP) is 3.82. The zero-order valence-electron chi connectivity index (χ0n) is 12.6. The van der Waals surface area contributed by atoms with Gasteiger partial charge in [-0.3, -0.25) is 11.3 Å². The molecule has 0 aliphatic heterocycles. The molecular formula is C17H21BrN2O. The van der Waals surface area contributed by atoms with E-state index >= 15 is 0 Å². The van der Waals surface area contributed by atoms with Crippen molar-refractivity contribution in [3.05, 3.63) is 63.1 Å². The van der Waals surface area contributed by atoms with Gasteiger partial charge in [0.1, 0.15) is 5.75 Å². The van der Waals surface area contributed by atoms with Crippen LogP contribution >= 0.6 is 15.9 Å². The van der Waals surface area contributed by atoms with Crippen molar-refractivity contribution in [1.82, 2.24) is 5.43 Å². The van der Waals surface area contributed by atoms with Crippen LogP contribution in [0.25, 0.3) is 0 Å². The molecule has 21 heavy (non-hydrogen) atoms. The number of hydrogen-bond donors (Lipinski definition) is 2. The van der Waals surface area contributed by atoms with Crippen LogP contribution < -0.4 is 16.0 Å². The molecule has 0 spiro atoms. The van der Waals surface area contributed by atoms with Crippen molar-refractivity contribution in [2.24, 2.45) is 5.84 Å². The lowest BCUT2D eigenvalue weighted by molar-refractivity contribution is 0.405. The van der Waals surface area contributed by atoms with E-state index < -0.39 is 0 Å². The second-order valence-electron chi connectivity index (χ2n) is 5.22. The van der Waals surface area contributed by atoms with E-state index in [-0.39, 0.29) is 6.04 Å². The van der Waals surface area contributed by atoms with Crippen LogP contribution in [0.1, 0.15) is 28.3 Å². The fraction of sp³-hybridized carbons (Fsp3) is 0.294. The van der Waals surface area contributed by atoms with E-state index in [9.17, 15) is 0 Å². The quantitative estimate of drug-likeness (QED) is 0.637. The summed E-state index contributed by atoms with van der Waals surface area (Å²) in [6.07, 6.45) is 0.767. The Balaban J connectivity index is 2.35. The van der Waals surface area contributed by atoms with Crippen LogP contribution in [-0.4, -0.2) is 7.11 Å². The second-order valence-corrected chi connectivity index (χ2v) is 6.01. The standard InChI is InChI=1S/C17H21BrN2O/c1-11-7-8-16(21-3)13(9-11)10-15(20-19)14-6-4-5-12(2)17(14)18/h4-9,15,20H,10,19H2,1-3H3. The van der Waals surface area contributed by atoms with Gasteiger partial charge < -0.3 is 4.74 Å². The van der Waals surface area contributed by atoms with Crippen LogP contribution in [0.15, 0.2) is 40.9 Å². The highest BCUT2D eigenvalue weighted by atomic mass is 79.9. The van der Waals surface area contributed by atoms with Gasteiger partial charge in [-0.25, -0.2) is 0 Å². The lowest BCUT2D eigenvalue weighted by atomic mass is 9.96. The molecule has 0 aliphatic rings.